The van der Waals surface area contributed by atoms with E-state index in [0.717, 1.165) is 11.1 Å². The summed E-state index contributed by atoms with van der Waals surface area (Å²) in [5, 5.41) is 18.3. The Balaban J connectivity index is 1.94. The first-order valence-electron chi connectivity index (χ1n) is 7.55. The third-order valence-electron chi connectivity index (χ3n) is 4.21. The molecule has 1 aliphatic carbocycles. The molecule has 2 heterocycles. The second-order valence-corrected chi connectivity index (χ2v) is 5.52. The molecular weight excluding hydrogens is 324 g/mol. The molecule has 2 amide bonds. The Morgan fingerprint density at radius 1 is 1.44 bits per heavy atom. The normalized spacial score (nSPS) is 13.7. The van der Waals surface area contributed by atoms with Crippen LogP contribution in [-0.4, -0.2) is 38.4 Å². The lowest BCUT2D eigenvalue weighted by atomic mass is 10.0. The number of hydrogen-bond donors (Lipinski definition) is 4. The molecule has 0 fully saturated rings. The van der Waals surface area contributed by atoms with Crippen LogP contribution in [0.4, 0.5) is 4.79 Å². The number of fused-ring (bicyclic) bond motifs is 5. The minimum Gasteiger partial charge on any atom is -0.410 e. The number of nitrogens with one attached hydrogen (secondary N) is 3. The van der Waals surface area contributed by atoms with E-state index < -0.39 is 0 Å². The van der Waals surface area contributed by atoms with Gasteiger partial charge in [0.2, 0.25) is 5.65 Å². The van der Waals surface area contributed by atoms with Gasteiger partial charge in [-0.25, -0.2) is 9.78 Å². The molecule has 1 aliphatic rings. The molecule has 0 unspecified atom stereocenters. The van der Waals surface area contributed by atoms with Crippen LogP contribution in [-0.2, 0) is 6.54 Å². The summed E-state index contributed by atoms with van der Waals surface area (Å²) in [5.74, 6) is 0. The van der Waals surface area contributed by atoms with Gasteiger partial charge in [-0.3, -0.25) is 9.20 Å². The molecule has 9 heteroatoms. The zero-order valence-electron chi connectivity index (χ0n) is 13.2. The van der Waals surface area contributed by atoms with Crippen molar-refractivity contribution in [2.24, 2.45) is 5.16 Å². The Kier molecular flexibility index (Phi) is 3.27. The maximum Gasteiger partial charge on any atom is 0.314 e. The molecule has 126 valence electrons. The van der Waals surface area contributed by atoms with E-state index in [2.05, 4.69) is 25.8 Å². The average molecular weight is 338 g/mol. The number of benzene rings is 1. The lowest BCUT2D eigenvalue weighted by molar-refractivity contribution is 0.242. The van der Waals surface area contributed by atoms with Crippen LogP contribution in [0.3, 0.4) is 0 Å². The summed E-state index contributed by atoms with van der Waals surface area (Å²) in [6.07, 6.45) is 3.15. The van der Waals surface area contributed by atoms with Crippen LogP contribution in [0.5, 0.6) is 0 Å². The molecule has 0 aliphatic heterocycles. The molecule has 4 N–H and O–H groups in total. The van der Waals surface area contributed by atoms with Gasteiger partial charge in [-0.2, -0.15) is 0 Å². The van der Waals surface area contributed by atoms with Crippen LogP contribution >= 0.6 is 0 Å². The van der Waals surface area contributed by atoms with E-state index in [1.165, 1.54) is 13.2 Å². The SMILES string of the molecule is CNC(=O)NCc1cccc2c1C(=NO)c1c-2[nH]c(=O)c2nccn12. The van der Waals surface area contributed by atoms with Crippen LogP contribution in [0.25, 0.3) is 16.9 Å². The summed E-state index contributed by atoms with van der Waals surface area (Å²) in [7, 11) is 1.53. The van der Waals surface area contributed by atoms with E-state index in [1.54, 1.807) is 10.6 Å². The first-order valence-corrected chi connectivity index (χ1v) is 7.55. The average Bonchev–Trinajstić information content (AvgIpc) is 3.23. The highest BCUT2D eigenvalue weighted by atomic mass is 16.4. The van der Waals surface area contributed by atoms with E-state index in [1.807, 2.05) is 18.2 Å². The zero-order valence-corrected chi connectivity index (χ0v) is 13.2. The van der Waals surface area contributed by atoms with E-state index in [-0.39, 0.29) is 23.8 Å². The lowest BCUT2D eigenvalue weighted by Crippen LogP contribution is -2.32. The number of oxime groups is 1. The van der Waals surface area contributed by atoms with Crippen molar-refractivity contribution in [2.45, 2.75) is 6.54 Å². The van der Waals surface area contributed by atoms with Gasteiger partial charge in [-0.05, 0) is 5.56 Å². The smallest absolute Gasteiger partial charge is 0.314 e. The number of hydrogen-bond acceptors (Lipinski definition) is 5. The third-order valence-corrected chi connectivity index (χ3v) is 4.21. The highest BCUT2D eigenvalue weighted by Gasteiger charge is 2.31. The number of urea groups is 1. The van der Waals surface area contributed by atoms with E-state index in [9.17, 15) is 14.8 Å². The molecule has 0 bridgehead atoms. The van der Waals surface area contributed by atoms with Gasteiger partial charge in [0.25, 0.3) is 5.56 Å². The number of aromatic amines is 1. The Labute approximate surface area is 141 Å². The maximum absolute atomic E-state index is 12.2. The minimum atomic E-state index is -0.331. The van der Waals surface area contributed by atoms with Crippen LogP contribution < -0.4 is 16.2 Å². The molecule has 4 rings (SSSR count). The van der Waals surface area contributed by atoms with Gasteiger partial charge in [0.1, 0.15) is 11.4 Å². The van der Waals surface area contributed by atoms with Crippen LogP contribution in [0, 0.1) is 0 Å². The van der Waals surface area contributed by atoms with Gasteiger partial charge in [-0.15, -0.1) is 0 Å². The van der Waals surface area contributed by atoms with E-state index >= 15 is 0 Å². The van der Waals surface area contributed by atoms with Crippen molar-refractivity contribution in [3.63, 3.8) is 0 Å². The molecule has 0 spiro atoms. The van der Waals surface area contributed by atoms with Crippen LogP contribution in [0.2, 0.25) is 0 Å². The first kappa shape index (κ1) is 14.9. The molecular formula is C16H14N6O3. The number of rotatable bonds is 2. The molecule has 0 saturated heterocycles. The molecule has 1 aromatic carbocycles. The first-order chi connectivity index (χ1) is 12.2. The molecule has 0 radical (unpaired) electrons. The standard InChI is InChI=1S/C16H14N6O3/c1-17-16(24)19-7-8-3-2-4-9-10(8)12(21-25)13-11(9)20-15(23)14-18-5-6-22(13)14/h2-6,25H,7H2,1H3,(H,20,23)(H2,17,19,24). The number of aromatic nitrogens is 3. The van der Waals surface area contributed by atoms with Crippen molar-refractivity contribution in [1.29, 1.82) is 0 Å². The van der Waals surface area contributed by atoms with Crippen molar-refractivity contribution >= 4 is 17.4 Å². The Hall–Kier alpha value is -3.62. The largest absolute Gasteiger partial charge is 0.410 e. The molecule has 25 heavy (non-hydrogen) atoms. The number of carbonyl (C=O) groups is 1. The van der Waals surface area contributed by atoms with Gasteiger partial charge >= 0.3 is 6.03 Å². The fourth-order valence-corrected chi connectivity index (χ4v) is 3.14. The summed E-state index contributed by atoms with van der Waals surface area (Å²) < 4.78 is 1.60. The Morgan fingerprint density at radius 3 is 3.04 bits per heavy atom. The lowest BCUT2D eigenvalue weighted by Gasteiger charge is -2.09. The summed E-state index contributed by atoms with van der Waals surface area (Å²) >= 11 is 0. The fourth-order valence-electron chi connectivity index (χ4n) is 3.14. The molecule has 3 aromatic rings. The molecule has 2 aromatic heterocycles. The van der Waals surface area contributed by atoms with Gasteiger partial charge in [0.15, 0.2) is 0 Å². The zero-order chi connectivity index (χ0) is 17.6. The summed E-state index contributed by atoms with van der Waals surface area (Å²) in [6.45, 7) is 0.243. The van der Waals surface area contributed by atoms with Crippen LogP contribution in [0.15, 0.2) is 40.5 Å². The van der Waals surface area contributed by atoms with Gasteiger partial charge in [0.05, 0.1) is 5.69 Å². The molecule has 0 saturated carbocycles. The predicted molar refractivity (Wildman–Crippen MR) is 90.0 cm³/mol. The second kappa shape index (κ2) is 5.48. The van der Waals surface area contributed by atoms with Crippen molar-refractivity contribution in [1.82, 2.24) is 25.0 Å². The molecule has 9 nitrogen and oxygen atoms in total. The fraction of sp³-hybridized carbons (Fsp3) is 0.125. The topological polar surface area (TPSA) is 124 Å². The Bertz CT molecular complexity index is 1090. The number of carbonyl (C=O) groups excluding carboxylic acids is 1. The third kappa shape index (κ3) is 2.09. The minimum absolute atomic E-state index is 0.220. The van der Waals surface area contributed by atoms with E-state index in [0.29, 0.717) is 22.7 Å². The van der Waals surface area contributed by atoms with Crippen molar-refractivity contribution < 1.29 is 10.0 Å². The number of amides is 2. The second-order valence-electron chi connectivity index (χ2n) is 5.52. The number of nitrogens with zero attached hydrogens (tertiary/aromatic N) is 3. The van der Waals surface area contributed by atoms with E-state index in [4.69, 9.17) is 0 Å². The quantitative estimate of drug-likeness (QED) is 0.316. The number of H-pyrrole nitrogens is 1. The van der Waals surface area contributed by atoms with Crippen molar-refractivity contribution in [3.05, 3.63) is 57.8 Å². The number of imidazole rings is 1. The molecule has 0 atom stereocenters. The highest BCUT2D eigenvalue weighted by molar-refractivity contribution is 6.23. The summed E-state index contributed by atoms with van der Waals surface area (Å²) in [4.78, 5) is 30.6. The summed E-state index contributed by atoms with van der Waals surface area (Å²) in [6, 6.07) is 5.16. The van der Waals surface area contributed by atoms with Gasteiger partial charge in [0, 0.05) is 37.1 Å². The van der Waals surface area contributed by atoms with Crippen molar-refractivity contribution in [2.75, 3.05) is 7.05 Å². The Morgan fingerprint density at radius 2 is 2.28 bits per heavy atom. The van der Waals surface area contributed by atoms with Crippen LogP contribution in [0.1, 0.15) is 16.8 Å². The van der Waals surface area contributed by atoms with Crippen molar-refractivity contribution in [3.8, 4) is 11.3 Å². The summed E-state index contributed by atoms with van der Waals surface area (Å²) in [5.41, 5.74) is 3.47. The van der Waals surface area contributed by atoms with Gasteiger partial charge in [-0.1, -0.05) is 23.4 Å². The highest BCUT2D eigenvalue weighted by Crippen LogP contribution is 2.36. The monoisotopic (exact) mass is 338 g/mol. The maximum atomic E-state index is 12.2. The predicted octanol–water partition coefficient (Wildman–Crippen LogP) is 0.659. The van der Waals surface area contributed by atoms with Gasteiger partial charge < -0.3 is 20.8 Å².